The van der Waals surface area contributed by atoms with Crippen molar-refractivity contribution in [3.8, 4) is 0 Å². The number of nitrogens with zero attached hydrogens (tertiary/aromatic N) is 1. The van der Waals surface area contributed by atoms with E-state index in [9.17, 15) is 14.4 Å². The Balaban J connectivity index is 1.55. The van der Waals surface area contributed by atoms with E-state index in [0.717, 1.165) is 5.56 Å². The maximum Gasteiger partial charge on any atom is 0.253 e. The van der Waals surface area contributed by atoms with E-state index < -0.39 is 0 Å². The predicted molar refractivity (Wildman–Crippen MR) is 136 cm³/mol. The maximum atomic E-state index is 12.8. The summed E-state index contributed by atoms with van der Waals surface area (Å²) in [7, 11) is 1.75. The molecule has 7 heteroatoms. The number of hydrogen-bond acceptors (Lipinski definition) is 4. The lowest BCUT2D eigenvalue weighted by Crippen LogP contribution is -2.26. The molecule has 34 heavy (non-hydrogen) atoms. The summed E-state index contributed by atoms with van der Waals surface area (Å²) in [5.41, 5.74) is 3.46. The van der Waals surface area contributed by atoms with Crippen molar-refractivity contribution in [2.45, 2.75) is 20.4 Å². The third-order valence-electron chi connectivity index (χ3n) is 5.11. The SMILES string of the molecule is CC(C)C(=O)Nc1cccc(NCC(=O)Nc2cccc(C(=O)N(C)Cc3ccccc3)c2)c1. The molecule has 0 heterocycles. The van der Waals surface area contributed by atoms with E-state index in [-0.39, 0.29) is 30.2 Å². The van der Waals surface area contributed by atoms with E-state index in [4.69, 9.17) is 0 Å². The summed E-state index contributed by atoms with van der Waals surface area (Å²) in [6.07, 6.45) is 0. The van der Waals surface area contributed by atoms with Crippen molar-refractivity contribution in [3.05, 3.63) is 90.0 Å². The van der Waals surface area contributed by atoms with Crippen molar-refractivity contribution < 1.29 is 14.4 Å². The topological polar surface area (TPSA) is 90.5 Å². The molecule has 3 N–H and O–H groups in total. The second-order valence-electron chi connectivity index (χ2n) is 8.35. The summed E-state index contributed by atoms with van der Waals surface area (Å²) < 4.78 is 0. The zero-order chi connectivity index (χ0) is 24.5. The molecule has 7 nitrogen and oxygen atoms in total. The summed E-state index contributed by atoms with van der Waals surface area (Å²) in [5, 5.41) is 8.70. The Hall–Kier alpha value is -4.13. The number of benzene rings is 3. The monoisotopic (exact) mass is 458 g/mol. The second-order valence-corrected chi connectivity index (χ2v) is 8.35. The van der Waals surface area contributed by atoms with Gasteiger partial charge in [0.2, 0.25) is 11.8 Å². The zero-order valence-corrected chi connectivity index (χ0v) is 19.7. The smallest absolute Gasteiger partial charge is 0.253 e. The summed E-state index contributed by atoms with van der Waals surface area (Å²) in [4.78, 5) is 38.8. The Bertz CT molecular complexity index is 1150. The Morgan fingerprint density at radius 2 is 1.44 bits per heavy atom. The molecule has 0 atom stereocenters. The van der Waals surface area contributed by atoms with Gasteiger partial charge >= 0.3 is 0 Å². The Labute approximate surface area is 200 Å². The first-order valence-electron chi connectivity index (χ1n) is 11.2. The van der Waals surface area contributed by atoms with Crippen LogP contribution in [0.1, 0.15) is 29.8 Å². The third-order valence-corrected chi connectivity index (χ3v) is 5.11. The molecule has 3 aromatic carbocycles. The van der Waals surface area contributed by atoms with Gasteiger partial charge in [-0.3, -0.25) is 14.4 Å². The Morgan fingerprint density at radius 3 is 2.15 bits per heavy atom. The molecule has 0 saturated carbocycles. The molecule has 0 unspecified atom stereocenters. The van der Waals surface area contributed by atoms with Crippen molar-refractivity contribution in [2.24, 2.45) is 5.92 Å². The molecule has 3 amide bonds. The largest absolute Gasteiger partial charge is 0.376 e. The molecule has 0 saturated heterocycles. The van der Waals surface area contributed by atoms with Crippen LogP contribution in [0.2, 0.25) is 0 Å². The van der Waals surface area contributed by atoms with Gasteiger partial charge in [0.05, 0.1) is 6.54 Å². The lowest BCUT2D eigenvalue weighted by atomic mass is 10.1. The van der Waals surface area contributed by atoms with Gasteiger partial charge in [0.1, 0.15) is 0 Å². The number of carbonyl (C=O) groups excluding carboxylic acids is 3. The minimum absolute atomic E-state index is 0.0354. The summed E-state index contributed by atoms with van der Waals surface area (Å²) in [5.74, 6) is -0.570. The van der Waals surface area contributed by atoms with Gasteiger partial charge in [0.15, 0.2) is 0 Å². The maximum absolute atomic E-state index is 12.8. The molecule has 3 aromatic rings. The normalized spacial score (nSPS) is 10.5. The second kappa shape index (κ2) is 11.7. The van der Waals surface area contributed by atoms with Gasteiger partial charge in [-0.15, -0.1) is 0 Å². The summed E-state index contributed by atoms with van der Waals surface area (Å²) in [6.45, 7) is 4.18. The fourth-order valence-corrected chi connectivity index (χ4v) is 3.26. The van der Waals surface area contributed by atoms with Crippen molar-refractivity contribution in [1.82, 2.24) is 4.90 Å². The molecular formula is C27H30N4O3. The highest BCUT2D eigenvalue weighted by Gasteiger charge is 2.13. The standard InChI is InChI=1S/C27H30N4O3/c1-19(2)26(33)30-24-14-8-12-22(16-24)28-17-25(32)29-23-13-7-11-21(15-23)27(34)31(3)18-20-9-5-4-6-10-20/h4-16,19,28H,17-18H2,1-3H3,(H,29,32)(H,30,33). The van der Waals surface area contributed by atoms with Gasteiger partial charge < -0.3 is 20.9 Å². The average Bonchev–Trinajstić information content (AvgIpc) is 2.83. The molecule has 0 bridgehead atoms. The van der Waals surface area contributed by atoms with E-state index in [0.29, 0.717) is 29.2 Å². The fourth-order valence-electron chi connectivity index (χ4n) is 3.26. The quantitative estimate of drug-likeness (QED) is 0.437. The van der Waals surface area contributed by atoms with Crippen LogP contribution in [-0.4, -0.2) is 36.2 Å². The first-order valence-corrected chi connectivity index (χ1v) is 11.2. The van der Waals surface area contributed by atoms with Crippen LogP contribution in [0.15, 0.2) is 78.9 Å². The van der Waals surface area contributed by atoms with Crippen molar-refractivity contribution >= 4 is 34.8 Å². The molecular weight excluding hydrogens is 428 g/mol. The Kier molecular flexibility index (Phi) is 8.40. The zero-order valence-electron chi connectivity index (χ0n) is 19.7. The summed E-state index contributed by atoms with van der Waals surface area (Å²) in [6, 6.07) is 23.8. The van der Waals surface area contributed by atoms with Gasteiger partial charge in [-0.1, -0.05) is 56.3 Å². The molecule has 0 aromatic heterocycles. The minimum Gasteiger partial charge on any atom is -0.376 e. The molecule has 0 spiro atoms. The first-order chi connectivity index (χ1) is 16.3. The van der Waals surface area contributed by atoms with Gasteiger partial charge in [-0.05, 0) is 42.0 Å². The molecule has 176 valence electrons. The van der Waals surface area contributed by atoms with E-state index in [1.54, 1.807) is 54.4 Å². The molecule has 0 aliphatic heterocycles. The fraction of sp³-hybridized carbons (Fsp3) is 0.222. The van der Waals surface area contributed by atoms with Crippen LogP contribution in [0, 0.1) is 5.92 Å². The van der Waals surface area contributed by atoms with Crippen molar-refractivity contribution in [3.63, 3.8) is 0 Å². The number of hydrogen-bond donors (Lipinski definition) is 3. The Morgan fingerprint density at radius 1 is 0.794 bits per heavy atom. The lowest BCUT2D eigenvalue weighted by molar-refractivity contribution is -0.119. The van der Waals surface area contributed by atoms with E-state index >= 15 is 0 Å². The number of anilines is 3. The van der Waals surface area contributed by atoms with Gasteiger partial charge in [-0.25, -0.2) is 0 Å². The van der Waals surface area contributed by atoms with Crippen LogP contribution in [0.5, 0.6) is 0 Å². The van der Waals surface area contributed by atoms with Crippen molar-refractivity contribution in [2.75, 3.05) is 29.5 Å². The molecule has 0 fully saturated rings. The van der Waals surface area contributed by atoms with E-state index in [1.807, 2.05) is 50.2 Å². The van der Waals surface area contributed by atoms with Crippen LogP contribution < -0.4 is 16.0 Å². The van der Waals surface area contributed by atoms with Gasteiger partial charge in [0.25, 0.3) is 5.91 Å². The third kappa shape index (κ3) is 7.20. The first kappa shape index (κ1) is 24.5. The average molecular weight is 459 g/mol. The van der Waals surface area contributed by atoms with E-state index in [2.05, 4.69) is 16.0 Å². The number of rotatable bonds is 9. The van der Waals surface area contributed by atoms with Gasteiger partial charge in [0, 0.05) is 42.1 Å². The van der Waals surface area contributed by atoms with Gasteiger partial charge in [-0.2, -0.15) is 0 Å². The van der Waals surface area contributed by atoms with Crippen LogP contribution in [0.25, 0.3) is 0 Å². The molecule has 3 rings (SSSR count). The van der Waals surface area contributed by atoms with Crippen LogP contribution in [0.3, 0.4) is 0 Å². The highest BCUT2D eigenvalue weighted by atomic mass is 16.2. The molecule has 0 aliphatic rings. The highest BCUT2D eigenvalue weighted by Crippen LogP contribution is 2.17. The van der Waals surface area contributed by atoms with Crippen LogP contribution in [-0.2, 0) is 16.1 Å². The summed E-state index contributed by atoms with van der Waals surface area (Å²) >= 11 is 0. The number of nitrogens with one attached hydrogen (secondary N) is 3. The lowest BCUT2D eigenvalue weighted by Gasteiger charge is -2.18. The van der Waals surface area contributed by atoms with Crippen LogP contribution >= 0.6 is 0 Å². The van der Waals surface area contributed by atoms with E-state index in [1.165, 1.54) is 0 Å². The molecule has 0 aliphatic carbocycles. The highest BCUT2D eigenvalue weighted by molar-refractivity contribution is 5.98. The predicted octanol–water partition coefficient (Wildman–Crippen LogP) is 4.60. The minimum atomic E-state index is -0.251. The van der Waals surface area contributed by atoms with Crippen LogP contribution in [0.4, 0.5) is 17.1 Å². The molecule has 0 radical (unpaired) electrons. The van der Waals surface area contributed by atoms with Crippen molar-refractivity contribution in [1.29, 1.82) is 0 Å². The number of carbonyl (C=O) groups is 3. The number of amides is 3.